The van der Waals surface area contributed by atoms with E-state index in [1.54, 1.807) is 6.26 Å². The number of carbonyl (C=O) groups excluding carboxylic acids is 1. The first-order chi connectivity index (χ1) is 6.06. The van der Waals surface area contributed by atoms with Gasteiger partial charge >= 0.3 is 5.97 Å². The van der Waals surface area contributed by atoms with E-state index >= 15 is 0 Å². The molecule has 0 aliphatic carbocycles. The molecule has 0 fully saturated rings. The molecular formula is C8H17NO3S. The number of methoxy groups -OCH3 is 1. The van der Waals surface area contributed by atoms with Crippen LogP contribution in [0.15, 0.2) is 0 Å². The van der Waals surface area contributed by atoms with Gasteiger partial charge in [-0.3, -0.25) is 9.00 Å². The molecule has 2 atom stereocenters. The highest BCUT2D eigenvalue weighted by atomic mass is 32.2. The maximum absolute atomic E-state index is 10.8. The van der Waals surface area contributed by atoms with E-state index in [0.717, 1.165) is 0 Å². The minimum Gasteiger partial charge on any atom is -0.469 e. The zero-order valence-corrected chi connectivity index (χ0v) is 9.15. The van der Waals surface area contributed by atoms with E-state index in [2.05, 4.69) is 10.1 Å². The Morgan fingerprint density at radius 2 is 2.23 bits per heavy atom. The molecule has 0 saturated carbocycles. The summed E-state index contributed by atoms with van der Waals surface area (Å²) in [5.74, 6) is 0.388. The molecule has 78 valence electrons. The molecule has 0 aromatic carbocycles. The van der Waals surface area contributed by atoms with E-state index < -0.39 is 10.8 Å². The highest BCUT2D eigenvalue weighted by molar-refractivity contribution is 7.84. The molecule has 0 spiro atoms. The predicted molar refractivity (Wildman–Crippen MR) is 53.0 cm³/mol. The quantitative estimate of drug-likeness (QED) is 0.618. The van der Waals surface area contributed by atoms with Crippen LogP contribution in [0, 0.1) is 0 Å². The molecule has 1 N–H and O–H groups in total. The fraction of sp³-hybridized carbons (Fsp3) is 0.875. The molecule has 5 heteroatoms. The largest absolute Gasteiger partial charge is 0.469 e. The summed E-state index contributed by atoms with van der Waals surface area (Å²) in [6.45, 7) is 2.52. The first kappa shape index (κ1) is 12.6. The summed E-state index contributed by atoms with van der Waals surface area (Å²) in [6.07, 6.45) is 2.02. The van der Waals surface area contributed by atoms with Crippen LogP contribution < -0.4 is 5.32 Å². The molecule has 0 aliphatic heterocycles. The van der Waals surface area contributed by atoms with Gasteiger partial charge in [0.1, 0.15) is 0 Å². The molecule has 0 radical (unpaired) electrons. The van der Waals surface area contributed by atoms with E-state index in [1.165, 1.54) is 7.11 Å². The van der Waals surface area contributed by atoms with Gasteiger partial charge in [-0.2, -0.15) is 0 Å². The minimum absolute atomic E-state index is 0.176. The van der Waals surface area contributed by atoms with E-state index in [0.29, 0.717) is 18.7 Å². The van der Waals surface area contributed by atoms with Crippen LogP contribution in [-0.2, 0) is 20.3 Å². The molecule has 0 amide bonds. The Morgan fingerprint density at radius 1 is 1.62 bits per heavy atom. The van der Waals surface area contributed by atoms with Crippen LogP contribution >= 0.6 is 0 Å². The summed E-state index contributed by atoms with van der Waals surface area (Å²) in [6, 6.07) is 0.176. The van der Waals surface area contributed by atoms with Crippen LogP contribution in [0.3, 0.4) is 0 Å². The lowest BCUT2D eigenvalue weighted by Crippen LogP contribution is -2.32. The molecular weight excluding hydrogens is 190 g/mol. The van der Waals surface area contributed by atoms with Crippen molar-refractivity contribution in [2.45, 2.75) is 19.4 Å². The molecule has 2 unspecified atom stereocenters. The van der Waals surface area contributed by atoms with Crippen molar-refractivity contribution in [3.05, 3.63) is 0 Å². The van der Waals surface area contributed by atoms with Crippen molar-refractivity contribution in [2.24, 2.45) is 0 Å². The van der Waals surface area contributed by atoms with Crippen LogP contribution in [0.2, 0.25) is 0 Å². The predicted octanol–water partition coefficient (Wildman–Crippen LogP) is -0.0939. The van der Waals surface area contributed by atoms with Gasteiger partial charge in [-0.25, -0.2) is 0 Å². The molecule has 0 aromatic rings. The monoisotopic (exact) mass is 207 g/mol. The Bertz CT molecular complexity index is 184. The van der Waals surface area contributed by atoms with Gasteiger partial charge in [0.2, 0.25) is 0 Å². The normalized spacial score (nSPS) is 15.0. The second-order valence-electron chi connectivity index (χ2n) is 2.92. The number of carbonyl (C=O) groups is 1. The Morgan fingerprint density at radius 3 is 2.69 bits per heavy atom. The molecule has 0 rings (SSSR count). The van der Waals surface area contributed by atoms with Crippen molar-refractivity contribution in [1.82, 2.24) is 5.32 Å². The lowest BCUT2D eigenvalue weighted by Gasteiger charge is -2.10. The number of hydrogen-bond donors (Lipinski definition) is 1. The number of rotatable bonds is 6. The highest BCUT2D eigenvalue weighted by Gasteiger charge is 2.04. The first-order valence-corrected chi connectivity index (χ1v) is 5.89. The van der Waals surface area contributed by atoms with E-state index in [1.807, 2.05) is 6.92 Å². The summed E-state index contributed by atoms with van der Waals surface area (Å²) >= 11 is 0. The van der Waals surface area contributed by atoms with Crippen LogP contribution in [0.25, 0.3) is 0 Å². The van der Waals surface area contributed by atoms with E-state index in [4.69, 9.17) is 0 Å². The number of hydrogen-bond acceptors (Lipinski definition) is 4. The van der Waals surface area contributed by atoms with Crippen molar-refractivity contribution < 1.29 is 13.7 Å². The van der Waals surface area contributed by atoms with Crippen molar-refractivity contribution >= 4 is 16.8 Å². The van der Waals surface area contributed by atoms with Gasteiger partial charge in [0.25, 0.3) is 0 Å². The number of nitrogens with one attached hydrogen (secondary N) is 1. The standard InChI is InChI=1S/C8H17NO3S/c1-7(6-13(3)11)9-5-4-8(10)12-2/h7,9H,4-6H2,1-3H3. The van der Waals surface area contributed by atoms with Crippen molar-refractivity contribution in [1.29, 1.82) is 0 Å². The average Bonchev–Trinajstić information content (AvgIpc) is 2.02. The average molecular weight is 207 g/mol. The third-order valence-electron chi connectivity index (χ3n) is 1.53. The van der Waals surface area contributed by atoms with Gasteiger partial charge in [0.15, 0.2) is 0 Å². The fourth-order valence-electron chi connectivity index (χ4n) is 0.934. The number of esters is 1. The second kappa shape index (κ2) is 7.03. The smallest absolute Gasteiger partial charge is 0.306 e. The SMILES string of the molecule is COC(=O)CCNC(C)CS(C)=O. The molecule has 0 aromatic heterocycles. The van der Waals surface area contributed by atoms with Gasteiger partial charge in [-0.05, 0) is 6.92 Å². The zero-order chi connectivity index (χ0) is 10.3. The third-order valence-corrected chi connectivity index (χ3v) is 2.50. The summed E-state index contributed by atoms with van der Waals surface area (Å²) < 4.78 is 15.3. The van der Waals surface area contributed by atoms with E-state index in [9.17, 15) is 9.00 Å². The molecule has 0 bridgehead atoms. The Kier molecular flexibility index (Phi) is 6.80. The fourth-order valence-corrected chi connectivity index (χ4v) is 1.76. The molecule has 13 heavy (non-hydrogen) atoms. The van der Waals surface area contributed by atoms with Crippen molar-refractivity contribution in [3.8, 4) is 0 Å². The van der Waals surface area contributed by atoms with Crippen molar-refractivity contribution in [2.75, 3.05) is 25.7 Å². The Balaban J connectivity index is 3.42. The van der Waals surface area contributed by atoms with Gasteiger partial charge in [-0.1, -0.05) is 0 Å². The lowest BCUT2D eigenvalue weighted by molar-refractivity contribution is -0.140. The molecule has 4 nitrogen and oxygen atoms in total. The maximum atomic E-state index is 10.8. The molecule has 0 aliphatic rings. The minimum atomic E-state index is -0.790. The maximum Gasteiger partial charge on any atom is 0.306 e. The summed E-state index contributed by atoms with van der Waals surface area (Å²) in [4.78, 5) is 10.7. The van der Waals surface area contributed by atoms with E-state index in [-0.39, 0.29) is 12.0 Å². The number of ether oxygens (including phenoxy) is 1. The van der Waals surface area contributed by atoms with Gasteiger partial charge in [0, 0.05) is 35.4 Å². The Hall–Kier alpha value is -0.420. The highest BCUT2D eigenvalue weighted by Crippen LogP contribution is 1.87. The first-order valence-electron chi connectivity index (χ1n) is 4.16. The lowest BCUT2D eigenvalue weighted by atomic mass is 10.3. The zero-order valence-electron chi connectivity index (χ0n) is 8.33. The van der Waals surface area contributed by atoms with Gasteiger partial charge in [0.05, 0.1) is 13.5 Å². The summed E-state index contributed by atoms with van der Waals surface area (Å²) in [5.41, 5.74) is 0. The second-order valence-corrected chi connectivity index (χ2v) is 4.40. The Labute approximate surface area is 81.5 Å². The van der Waals surface area contributed by atoms with Crippen molar-refractivity contribution in [3.63, 3.8) is 0 Å². The van der Waals surface area contributed by atoms with Crippen LogP contribution in [0.4, 0.5) is 0 Å². The summed E-state index contributed by atoms with van der Waals surface area (Å²) in [7, 11) is 0.578. The third kappa shape index (κ3) is 7.93. The van der Waals surface area contributed by atoms with Crippen LogP contribution in [0.1, 0.15) is 13.3 Å². The molecule has 0 heterocycles. The summed E-state index contributed by atoms with van der Waals surface area (Å²) in [5, 5.41) is 3.09. The van der Waals surface area contributed by atoms with Gasteiger partial charge < -0.3 is 10.1 Å². The topological polar surface area (TPSA) is 55.4 Å². The van der Waals surface area contributed by atoms with Gasteiger partial charge in [-0.15, -0.1) is 0 Å². The van der Waals surface area contributed by atoms with Crippen LogP contribution in [0.5, 0.6) is 0 Å². The molecule has 0 saturated heterocycles. The van der Waals surface area contributed by atoms with Crippen LogP contribution in [-0.4, -0.2) is 41.9 Å².